The lowest BCUT2D eigenvalue weighted by molar-refractivity contribution is -0.142. The molecule has 0 aliphatic heterocycles. The first-order chi connectivity index (χ1) is 10.3. The minimum Gasteiger partial charge on any atom is -0.483 e. The molecule has 122 valence electrons. The molecular weight excluding hydrogens is 370 g/mol. The van der Waals surface area contributed by atoms with Gasteiger partial charge in [-0.05, 0) is 55.5 Å². The number of hydrogen-bond donors (Lipinski definition) is 2. The van der Waals surface area contributed by atoms with Crippen LogP contribution in [0.4, 0.5) is 0 Å². The number of carbonyl (C=O) groups excluding carboxylic acids is 1. The van der Waals surface area contributed by atoms with Gasteiger partial charge in [-0.25, -0.2) is 4.79 Å². The summed E-state index contributed by atoms with van der Waals surface area (Å²) in [6.45, 7) is 3.58. The monoisotopic (exact) mass is 389 g/mol. The number of benzene rings is 1. The number of aryl methyl sites for hydroxylation is 2. The van der Waals surface area contributed by atoms with Gasteiger partial charge in [-0.15, -0.1) is 0 Å². The lowest BCUT2D eigenvalue weighted by Crippen LogP contribution is -2.43. The van der Waals surface area contributed by atoms with Gasteiger partial charge in [-0.2, -0.15) is 11.8 Å². The van der Waals surface area contributed by atoms with Crippen LogP contribution in [0.3, 0.4) is 0 Å². The van der Waals surface area contributed by atoms with Gasteiger partial charge < -0.3 is 15.2 Å². The van der Waals surface area contributed by atoms with Crippen molar-refractivity contribution >= 4 is 39.6 Å². The zero-order chi connectivity index (χ0) is 16.7. The summed E-state index contributed by atoms with van der Waals surface area (Å²) < 4.78 is 6.49. The van der Waals surface area contributed by atoms with Crippen LogP contribution in [0.1, 0.15) is 17.5 Å². The molecule has 0 saturated carbocycles. The molecule has 0 aliphatic rings. The van der Waals surface area contributed by atoms with Crippen molar-refractivity contribution in [2.24, 2.45) is 0 Å². The van der Waals surface area contributed by atoms with E-state index >= 15 is 0 Å². The smallest absolute Gasteiger partial charge is 0.326 e. The molecule has 22 heavy (non-hydrogen) atoms. The summed E-state index contributed by atoms with van der Waals surface area (Å²) in [6, 6.07) is 2.92. The van der Waals surface area contributed by atoms with Crippen LogP contribution >= 0.6 is 27.7 Å². The number of nitrogens with one attached hydrogen (secondary N) is 1. The molecule has 1 rings (SSSR count). The summed E-state index contributed by atoms with van der Waals surface area (Å²) in [6.07, 6.45) is 2.28. The predicted molar refractivity (Wildman–Crippen MR) is 91.7 cm³/mol. The largest absolute Gasteiger partial charge is 0.483 e. The maximum atomic E-state index is 11.9. The molecule has 0 fully saturated rings. The normalized spacial score (nSPS) is 11.8. The summed E-state index contributed by atoms with van der Waals surface area (Å²) in [5.74, 6) is -0.147. The number of carbonyl (C=O) groups is 2. The van der Waals surface area contributed by atoms with Gasteiger partial charge in [0, 0.05) is 4.47 Å². The van der Waals surface area contributed by atoms with E-state index in [0.717, 1.165) is 15.6 Å². The topological polar surface area (TPSA) is 75.6 Å². The van der Waals surface area contributed by atoms with Crippen molar-refractivity contribution in [3.8, 4) is 5.75 Å². The van der Waals surface area contributed by atoms with E-state index in [-0.39, 0.29) is 6.61 Å². The number of amides is 1. The van der Waals surface area contributed by atoms with E-state index < -0.39 is 17.9 Å². The fraction of sp³-hybridized carbons (Fsp3) is 0.467. The number of halogens is 1. The summed E-state index contributed by atoms with van der Waals surface area (Å²) in [5.41, 5.74) is 1.83. The number of aliphatic carboxylic acids is 1. The molecule has 1 atom stereocenters. The number of thioether (sulfide) groups is 1. The molecule has 0 unspecified atom stereocenters. The Balaban J connectivity index is 2.60. The van der Waals surface area contributed by atoms with Crippen molar-refractivity contribution in [2.45, 2.75) is 26.3 Å². The molecule has 1 amide bonds. The van der Waals surface area contributed by atoms with Gasteiger partial charge in [0.05, 0.1) is 0 Å². The Hall–Kier alpha value is -1.21. The molecule has 0 radical (unpaired) electrons. The van der Waals surface area contributed by atoms with Crippen LogP contribution in [0.15, 0.2) is 16.6 Å². The Morgan fingerprint density at radius 2 is 1.95 bits per heavy atom. The van der Waals surface area contributed by atoms with Crippen molar-refractivity contribution in [1.82, 2.24) is 5.32 Å². The zero-order valence-electron chi connectivity index (χ0n) is 12.8. The minimum atomic E-state index is -1.03. The zero-order valence-corrected chi connectivity index (χ0v) is 15.2. The molecule has 0 saturated heterocycles. The first-order valence-corrected chi connectivity index (χ1v) is 8.94. The fourth-order valence-electron chi connectivity index (χ4n) is 1.99. The molecule has 1 aromatic rings. The average Bonchev–Trinajstić information content (AvgIpc) is 2.41. The lowest BCUT2D eigenvalue weighted by Gasteiger charge is -2.16. The van der Waals surface area contributed by atoms with Gasteiger partial charge in [0.2, 0.25) is 0 Å². The van der Waals surface area contributed by atoms with E-state index in [1.165, 1.54) is 11.8 Å². The molecular formula is C15H20BrNO4S. The molecule has 0 spiro atoms. The Labute approximate surface area is 142 Å². The van der Waals surface area contributed by atoms with Crippen molar-refractivity contribution in [3.05, 3.63) is 27.7 Å². The molecule has 0 aliphatic carbocycles. The second-order valence-corrected chi connectivity index (χ2v) is 6.80. The highest BCUT2D eigenvalue weighted by atomic mass is 79.9. The van der Waals surface area contributed by atoms with Crippen molar-refractivity contribution in [2.75, 3.05) is 18.6 Å². The van der Waals surface area contributed by atoms with Gasteiger partial charge in [0.25, 0.3) is 5.91 Å². The first kappa shape index (κ1) is 18.8. The van der Waals surface area contributed by atoms with Crippen LogP contribution < -0.4 is 10.1 Å². The maximum absolute atomic E-state index is 11.9. The van der Waals surface area contributed by atoms with Crippen molar-refractivity contribution < 1.29 is 19.4 Å². The number of hydrogen-bond acceptors (Lipinski definition) is 4. The van der Waals surface area contributed by atoms with Crippen molar-refractivity contribution in [3.63, 3.8) is 0 Å². The van der Waals surface area contributed by atoms with Crippen LogP contribution in [0.5, 0.6) is 5.75 Å². The van der Waals surface area contributed by atoms with Gasteiger partial charge in [-0.1, -0.05) is 15.9 Å². The number of carboxylic acid groups (broad SMARTS) is 1. The Morgan fingerprint density at radius 3 is 2.45 bits per heavy atom. The van der Waals surface area contributed by atoms with Gasteiger partial charge in [-0.3, -0.25) is 4.79 Å². The Morgan fingerprint density at radius 1 is 1.36 bits per heavy atom. The van der Waals surface area contributed by atoms with E-state index in [4.69, 9.17) is 9.84 Å². The van der Waals surface area contributed by atoms with E-state index in [1.54, 1.807) is 0 Å². The van der Waals surface area contributed by atoms with Gasteiger partial charge in [0.15, 0.2) is 6.61 Å². The lowest BCUT2D eigenvalue weighted by atomic mass is 10.1. The van der Waals surface area contributed by atoms with Crippen LogP contribution in [0.25, 0.3) is 0 Å². The second-order valence-electron chi connectivity index (χ2n) is 4.90. The fourth-order valence-corrected chi connectivity index (χ4v) is 3.15. The third-order valence-electron chi connectivity index (χ3n) is 3.02. The number of rotatable bonds is 8. The summed E-state index contributed by atoms with van der Waals surface area (Å²) in [4.78, 5) is 23.0. The van der Waals surface area contributed by atoms with Crippen molar-refractivity contribution in [1.29, 1.82) is 0 Å². The number of carboxylic acids is 1. The quantitative estimate of drug-likeness (QED) is 0.714. The number of ether oxygens (including phenoxy) is 1. The van der Waals surface area contributed by atoms with Crippen LogP contribution in [-0.4, -0.2) is 41.6 Å². The highest BCUT2D eigenvalue weighted by Crippen LogP contribution is 2.27. The highest BCUT2D eigenvalue weighted by Gasteiger charge is 2.19. The molecule has 7 heteroatoms. The van der Waals surface area contributed by atoms with E-state index in [0.29, 0.717) is 17.9 Å². The summed E-state index contributed by atoms with van der Waals surface area (Å²) in [7, 11) is 0. The third-order valence-corrected chi connectivity index (χ3v) is 4.12. The third kappa shape index (κ3) is 5.88. The van der Waals surface area contributed by atoms with E-state index in [2.05, 4.69) is 21.2 Å². The summed E-state index contributed by atoms with van der Waals surface area (Å²) >= 11 is 4.94. The standard InChI is InChI=1S/C15H20BrNO4S/c1-9-6-11(16)7-10(2)14(9)21-8-13(18)17-12(15(19)20)4-5-22-3/h6-7,12H,4-5,8H2,1-3H3,(H,17,18)(H,19,20)/t12-/m0/s1. The average molecular weight is 390 g/mol. The van der Waals surface area contributed by atoms with Crippen LogP contribution in [-0.2, 0) is 9.59 Å². The Bertz CT molecular complexity index is 527. The first-order valence-electron chi connectivity index (χ1n) is 6.75. The summed E-state index contributed by atoms with van der Waals surface area (Å²) in [5, 5.41) is 11.6. The Kier molecular flexibility index (Phi) is 7.75. The van der Waals surface area contributed by atoms with Crippen LogP contribution in [0, 0.1) is 13.8 Å². The molecule has 5 nitrogen and oxygen atoms in total. The van der Waals surface area contributed by atoms with E-state index in [1.807, 2.05) is 32.2 Å². The maximum Gasteiger partial charge on any atom is 0.326 e. The van der Waals surface area contributed by atoms with Gasteiger partial charge >= 0.3 is 5.97 Å². The highest BCUT2D eigenvalue weighted by molar-refractivity contribution is 9.10. The van der Waals surface area contributed by atoms with Crippen LogP contribution in [0.2, 0.25) is 0 Å². The minimum absolute atomic E-state index is 0.202. The predicted octanol–water partition coefficient (Wildman–Crippen LogP) is 2.77. The second kappa shape index (κ2) is 9.05. The molecule has 0 bridgehead atoms. The van der Waals surface area contributed by atoms with E-state index in [9.17, 15) is 9.59 Å². The molecule has 0 heterocycles. The molecule has 1 aromatic carbocycles. The van der Waals surface area contributed by atoms with Gasteiger partial charge in [0.1, 0.15) is 11.8 Å². The SMILES string of the molecule is CSCC[C@H](NC(=O)COc1c(C)cc(Br)cc1C)C(=O)O. The molecule has 0 aromatic heterocycles. The molecule has 2 N–H and O–H groups in total.